The van der Waals surface area contributed by atoms with Crippen molar-refractivity contribution in [2.45, 2.75) is 57.6 Å². The molecule has 1 aromatic rings. The van der Waals surface area contributed by atoms with Crippen molar-refractivity contribution in [2.75, 3.05) is 5.32 Å². The fourth-order valence-electron chi connectivity index (χ4n) is 2.74. The number of nitro groups is 1. The van der Waals surface area contributed by atoms with Gasteiger partial charge < -0.3 is 10.4 Å². The number of aliphatic hydroxyl groups excluding tert-OH is 1. The largest absolute Gasteiger partial charge is 0.393 e. The van der Waals surface area contributed by atoms with Crippen LogP contribution in [0.2, 0.25) is 0 Å². The van der Waals surface area contributed by atoms with Crippen LogP contribution in [-0.2, 0) is 13.5 Å². The monoisotopic (exact) mass is 282 g/mol. The van der Waals surface area contributed by atoms with Gasteiger partial charge in [-0.2, -0.15) is 5.10 Å². The summed E-state index contributed by atoms with van der Waals surface area (Å²) in [4.78, 5) is 10.9. The summed E-state index contributed by atoms with van der Waals surface area (Å²) in [6.07, 6.45) is 4.34. The third kappa shape index (κ3) is 3.09. The Morgan fingerprint density at radius 1 is 1.45 bits per heavy atom. The van der Waals surface area contributed by atoms with E-state index in [2.05, 4.69) is 10.4 Å². The molecule has 7 heteroatoms. The van der Waals surface area contributed by atoms with Crippen LogP contribution in [0.4, 0.5) is 11.5 Å². The molecular weight excluding hydrogens is 260 g/mol. The summed E-state index contributed by atoms with van der Waals surface area (Å²) >= 11 is 0. The number of hydrogen-bond acceptors (Lipinski definition) is 5. The zero-order valence-electron chi connectivity index (χ0n) is 12.0. The zero-order valence-corrected chi connectivity index (χ0v) is 12.0. The first-order valence-electron chi connectivity index (χ1n) is 7.17. The van der Waals surface area contributed by atoms with Crippen molar-refractivity contribution in [3.8, 4) is 0 Å². The Morgan fingerprint density at radius 3 is 2.65 bits per heavy atom. The van der Waals surface area contributed by atoms with E-state index in [1.165, 1.54) is 0 Å². The molecule has 0 radical (unpaired) electrons. The second-order valence-corrected chi connectivity index (χ2v) is 5.42. The van der Waals surface area contributed by atoms with Crippen LogP contribution in [0.1, 0.15) is 44.7 Å². The van der Waals surface area contributed by atoms with Crippen LogP contribution in [0.5, 0.6) is 0 Å². The first-order chi connectivity index (χ1) is 9.52. The molecule has 0 bridgehead atoms. The predicted molar refractivity (Wildman–Crippen MR) is 75.7 cm³/mol. The Balaban J connectivity index is 2.19. The zero-order chi connectivity index (χ0) is 14.7. The van der Waals surface area contributed by atoms with Gasteiger partial charge in [0, 0.05) is 13.1 Å². The molecule has 2 rings (SSSR count). The van der Waals surface area contributed by atoms with Crippen molar-refractivity contribution in [2.24, 2.45) is 7.05 Å². The number of nitrogens with zero attached hydrogens (tertiary/aromatic N) is 3. The molecule has 20 heavy (non-hydrogen) atoms. The molecule has 1 saturated carbocycles. The van der Waals surface area contributed by atoms with Gasteiger partial charge in [-0.25, -0.2) is 4.68 Å². The van der Waals surface area contributed by atoms with Crippen LogP contribution in [0.3, 0.4) is 0 Å². The second kappa shape index (κ2) is 6.21. The lowest BCUT2D eigenvalue weighted by Crippen LogP contribution is -2.29. The Hall–Kier alpha value is -1.63. The van der Waals surface area contributed by atoms with Crippen LogP contribution >= 0.6 is 0 Å². The molecule has 1 aliphatic carbocycles. The fourth-order valence-corrected chi connectivity index (χ4v) is 2.74. The van der Waals surface area contributed by atoms with Gasteiger partial charge in [-0.1, -0.05) is 13.3 Å². The van der Waals surface area contributed by atoms with Crippen LogP contribution in [-0.4, -0.2) is 32.0 Å². The molecule has 1 aromatic heterocycles. The van der Waals surface area contributed by atoms with E-state index in [1.54, 1.807) is 11.7 Å². The van der Waals surface area contributed by atoms with Crippen LogP contribution in [0.25, 0.3) is 0 Å². The Kier molecular flexibility index (Phi) is 4.59. The fraction of sp³-hybridized carbons (Fsp3) is 0.769. The Morgan fingerprint density at radius 2 is 2.10 bits per heavy atom. The van der Waals surface area contributed by atoms with E-state index in [1.807, 2.05) is 6.92 Å². The highest BCUT2D eigenvalue weighted by atomic mass is 16.6. The van der Waals surface area contributed by atoms with Gasteiger partial charge in [-0.15, -0.1) is 0 Å². The summed E-state index contributed by atoms with van der Waals surface area (Å²) in [5.41, 5.74) is 0.638. The number of anilines is 1. The van der Waals surface area contributed by atoms with Crippen molar-refractivity contribution < 1.29 is 10.0 Å². The Bertz CT molecular complexity index is 478. The molecule has 0 aromatic carbocycles. The minimum Gasteiger partial charge on any atom is -0.393 e. The van der Waals surface area contributed by atoms with Crippen molar-refractivity contribution in [1.82, 2.24) is 9.78 Å². The SMILES string of the molecule is CCCc1nn(C)c(NC2CCC(O)CC2)c1[N+](=O)[O-]. The molecule has 0 spiro atoms. The van der Waals surface area contributed by atoms with Gasteiger partial charge in [-0.3, -0.25) is 10.1 Å². The summed E-state index contributed by atoms with van der Waals surface area (Å²) < 4.78 is 1.56. The smallest absolute Gasteiger partial charge is 0.333 e. The molecule has 112 valence electrons. The van der Waals surface area contributed by atoms with Crippen molar-refractivity contribution in [3.05, 3.63) is 15.8 Å². The number of rotatable bonds is 5. The van der Waals surface area contributed by atoms with Gasteiger partial charge in [0.1, 0.15) is 5.69 Å². The van der Waals surface area contributed by atoms with Crippen molar-refractivity contribution >= 4 is 11.5 Å². The lowest BCUT2D eigenvalue weighted by Gasteiger charge is -2.26. The van der Waals surface area contributed by atoms with Gasteiger partial charge in [0.05, 0.1) is 11.0 Å². The van der Waals surface area contributed by atoms with E-state index in [4.69, 9.17) is 0 Å². The van der Waals surface area contributed by atoms with Gasteiger partial charge in [-0.05, 0) is 32.1 Å². The summed E-state index contributed by atoms with van der Waals surface area (Å²) in [6, 6.07) is 0.168. The van der Waals surface area contributed by atoms with Crippen LogP contribution in [0.15, 0.2) is 0 Å². The first-order valence-corrected chi connectivity index (χ1v) is 7.17. The maximum absolute atomic E-state index is 11.3. The molecule has 1 aliphatic rings. The average molecular weight is 282 g/mol. The molecule has 0 aliphatic heterocycles. The highest BCUT2D eigenvalue weighted by Gasteiger charge is 2.29. The molecule has 1 fully saturated rings. The number of hydrogen-bond donors (Lipinski definition) is 2. The van der Waals surface area contributed by atoms with Crippen LogP contribution < -0.4 is 5.32 Å². The molecule has 0 amide bonds. The van der Waals surface area contributed by atoms with E-state index in [0.29, 0.717) is 17.9 Å². The standard InChI is InChI=1S/C13H22N4O3/c1-3-4-11-12(17(19)20)13(16(2)15-11)14-9-5-7-10(18)8-6-9/h9-10,14,18H,3-8H2,1-2H3. The van der Waals surface area contributed by atoms with Gasteiger partial charge in [0.2, 0.25) is 5.82 Å². The summed E-state index contributed by atoms with van der Waals surface area (Å²) in [6.45, 7) is 1.98. The number of nitrogens with one attached hydrogen (secondary N) is 1. The molecular formula is C13H22N4O3. The topological polar surface area (TPSA) is 93.2 Å². The second-order valence-electron chi connectivity index (χ2n) is 5.42. The normalized spacial score (nSPS) is 22.8. The summed E-state index contributed by atoms with van der Waals surface area (Å²) in [5.74, 6) is 0.486. The van der Waals surface area contributed by atoms with E-state index in [-0.39, 0.29) is 22.8 Å². The van der Waals surface area contributed by atoms with Crippen LogP contribution in [0, 0.1) is 10.1 Å². The minimum atomic E-state index is -0.349. The van der Waals surface area contributed by atoms with E-state index < -0.39 is 0 Å². The molecule has 2 N–H and O–H groups in total. The maximum Gasteiger partial charge on any atom is 0.333 e. The summed E-state index contributed by atoms with van der Waals surface area (Å²) in [7, 11) is 1.73. The van der Waals surface area contributed by atoms with E-state index in [9.17, 15) is 15.2 Å². The molecule has 7 nitrogen and oxygen atoms in total. The maximum atomic E-state index is 11.3. The van der Waals surface area contributed by atoms with Crippen molar-refractivity contribution in [1.29, 1.82) is 0 Å². The molecule has 0 atom stereocenters. The van der Waals surface area contributed by atoms with E-state index in [0.717, 1.165) is 32.1 Å². The average Bonchev–Trinajstić information content (AvgIpc) is 2.69. The molecule has 0 saturated heterocycles. The highest BCUT2D eigenvalue weighted by molar-refractivity contribution is 5.60. The predicted octanol–water partition coefficient (Wildman–Crippen LogP) is 2.00. The quantitative estimate of drug-likeness (QED) is 0.636. The minimum absolute atomic E-state index is 0.0977. The van der Waals surface area contributed by atoms with Gasteiger partial charge >= 0.3 is 5.69 Å². The molecule has 0 unspecified atom stereocenters. The molecule has 1 heterocycles. The number of aromatic nitrogens is 2. The van der Waals surface area contributed by atoms with Gasteiger partial charge in [0.25, 0.3) is 0 Å². The Labute approximate surface area is 118 Å². The summed E-state index contributed by atoms with van der Waals surface area (Å²) in [5, 5.41) is 28.3. The number of aryl methyl sites for hydroxylation is 2. The lowest BCUT2D eigenvalue weighted by molar-refractivity contribution is -0.384. The van der Waals surface area contributed by atoms with Crippen molar-refractivity contribution in [3.63, 3.8) is 0 Å². The van der Waals surface area contributed by atoms with Gasteiger partial charge in [0.15, 0.2) is 0 Å². The van der Waals surface area contributed by atoms with E-state index >= 15 is 0 Å². The highest BCUT2D eigenvalue weighted by Crippen LogP contribution is 2.31. The first kappa shape index (κ1) is 14.8. The lowest BCUT2D eigenvalue weighted by atomic mass is 9.93. The third-order valence-corrected chi connectivity index (χ3v) is 3.80. The number of aliphatic hydroxyl groups is 1. The third-order valence-electron chi connectivity index (χ3n) is 3.80.